The molecule has 0 unspecified atom stereocenters. The largest absolute Gasteiger partial charge is 0.465 e. The van der Waals surface area contributed by atoms with Gasteiger partial charge in [0.1, 0.15) is 0 Å². The van der Waals surface area contributed by atoms with Gasteiger partial charge in [0.2, 0.25) is 0 Å². The fourth-order valence-corrected chi connectivity index (χ4v) is 2.02. The Morgan fingerprint density at radius 2 is 2.27 bits per heavy atom. The van der Waals surface area contributed by atoms with E-state index in [9.17, 15) is 4.79 Å². The van der Waals surface area contributed by atoms with Crippen LogP contribution in [-0.2, 0) is 0 Å². The van der Waals surface area contributed by atoms with Gasteiger partial charge in [0, 0.05) is 6.04 Å². The Labute approximate surface area is 64.4 Å². The molecule has 4 heteroatoms. The van der Waals surface area contributed by atoms with Gasteiger partial charge in [0.15, 0.2) is 0 Å². The van der Waals surface area contributed by atoms with Crippen LogP contribution in [0.4, 0.5) is 4.79 Å². The third kappa shape index (κ3) is 0.894. The first kappa shape index (κ1) is 6.91. The smallest absolute Gasteiger partial charge is 0.407 e. The number of piperidine rings is 1. The molecule has 2 N–H and O–H groups in total. The highest BCUT2D eigenvalue weighted by molar-refractivity contribution is 5.67. The second-order valence-corrected chi connectivity index (χ2v) is 3.33. The summed E-state index contributed by atoms with van der Waals surface area (Å²) in [6.45, 7) is -0.0285. The van der Waals surface area contributed by atoms with E-state index in [0.29, 0.717) is 5.92 Å². The van der Waals surface area contributed by atoms with Gasteiger partial charge in [0.25, 0.3) is 0 Å². The molecule has 62 valence electrons. The van der Waals surface area contributed by atoms with Crippen molar-refractivity contribution in [2.45, 2.75) is 24.9 Å². The fraction of sp³-hybridized carbons (Fsp3) is 0.857. The zero-order valence-electron chi connectivity index (χ0n) is 6.10. The lowest BCUT2D eigenvalue weighted by Crippen LogP contribution is -2.39. The van der Waals surface area contributed by atoms with E-state index in [2.05, 4.69) is 0 Å². The molecule has 1 amide bonds. The highest BCUT2D eigenvalue weighted by atomic mass is 16.4. The summed E-state index contributed by atoms with van der Waals surface area (Å²) >= 11 is 0. The summed E-state index contributed by atoms with van der Waals surface area (Å²) < 4.78 is 0. The number of aliphatic hydroxyl groups excluding tert-OH is 1. The van der Waals surface area contributed by atoms with E-state index in [4.69, 9.17) is 10.2 Å². The quantitative estimate of drug-likeness (QED) is 0.568. The number of carbonyl (C=O) groups is 1. The molecule has 0 radical (unpaired) electrons. The molecule has 2 aliphatic rings. The number of fused-ring (bicyclic) bond motifs is 1. The molecule has 0 spiro atoms. The topological polar surface area (TPSA) is 60.8 Å². The maximum Gasteiger partial charge on any atom is 0.407 e. The van der Waals surface area contributed by atoms with E-state index in [1.54, 1.807) is 0 Å². The Bertz CT molecular complexity index is 194. The average molecular weight is 157 g/mol. The van der Waals surface area contributed by atoms with Crippen molar-refractivity contribution in [2.24, 2.45) is 5.92 Å². The van der Waals surface area contributed by atoms with E-state index in [0.717, 1.165) is 12.8 Å². The number of hydrogen-bond acceptors (Lipinski definition) is 2. The molecule has 0 aromatic heterocycles. The Balaban J connectivity index is 2.08. The summed E-state index contributed by atoms with van der Waals surface area (Å²) in [5.74, 6) is 0.545. The van der Waals surface area contributed by atoms with Gasteiger partial charge >= 0.3 is 6.09 Å². The molecule has 1 saturated heterocycles. The van der Waals surface area contributed by atoms with Crippen molar-refractivity contribution in [2.75, 3.05) is 6.61 Å². The molecule has 3 atom stereocenters. The highest BCUT2D eigenvalue weighted by Crippen LogP contribution is 2.47. The highest BCUT2D eigenvalue weighted by Gasteiger charge is 2.53. The van der Waals surface area contributed by atoms with E-state index in [1.807, 2.05) is 0 Å². The Morgan fingerprint density at radius 3 is 2.73 bits per heavy atom. The second-order valence-electron chi connectivity index (χ2n) is 3.33. The van der Waals surface area contributed by atoms with Crippen LogP contribution in [0.2, 0.25) is 0 Å². The van der Waals surface area contributed by atoms with Crippen molar-refractivity contribution >= 4 is 6.09 Å². The Kier molecular flexibility index (Phi) is 1.32. The van der Waals surface area contributed by atoms with Gasteiger partial charge in [-0.3, -0.25) is 4.90 Å². The lowest BCUT2D eigenvalue weighted by atomic mass is 10.2. The zero-order chi connectivity index (χ0) is 8.01. The fourth-order valence-electron chi connectivity index (χ4n) is 2.02. The summed E-state index contributed by atoms with van der Waals surface area (Å²) in [4.78, 5) is 12.0. The standard InChI is InChI=1S/C7H11NO3/c9-3-5-1-4-2-6(4)8(5)7(10)11/h4-6,9H,1-3H2,(H,10,11)/t4-,5+,6+/m1/s1. The molecule has 11 heavy (non-hydrogen) atoms. The first-order chi connectivity index (χ1) is 5.24. The summed E-state index contributed by atoms with van der Waals surface area (Å²) in [6, 6.07) is 0.0981. The normalized spacial score (nSPS) is 40.5. The van der Waals surface area contributed by atoms with Gasteiger partial charge in [-0.25, -0.2) is 4.79 Å². The number of aliphatic hydroxyl groups is 1. The van der Waals surface area contributed by atoms with E-state index in [1.165, 1.54) is 4.90 Å². The van der Waals surface area contributed by atoms with E-state index in [-0.39, 0.29) is 18.7 Å². The number of amides is 1. The predicted octanol–water partition coefficient (Wildman–Crippen LogP) is 0.119. The first-order valence-corrected chi connectivity index (χ1v) is 3.86. The number of nitrogens with zero attached hydrogens (tertiary/aromatic N) is 1. The van der Waals surface area contributed by atoms with Crippen LogP contribution in [0.25, 0.3) is 0 Å². The van der Waals surface area contributed by atoms with Crippen LogP contribution in [0, 0.1) is 5.92 Å². The maximum atomic E-state index is 10.6. The molecule has 1 saturated carbocycles. The minimum atomic E-state index is -0.881. The van der Waals surface area contributed by atoms with Crippen LogP contribution in [0.15, 0.2) is 0 Å². The second kappa shape index (κ2) is 2.11. The molecule has 1 heterocycles. The molecule has 1 aliphatic carbocycles. The van der Waals surface area contributed by atoms with Gasteiger partial charge < -0.3 is 10.2 Å². The van der Waals surface area contributed by atoms with Gasteiger partial charge in [-0.2, -0.15) is 0 Å². The summed E-state index contributed by atoms with van der Waals surface area (Å²) in [7, 11) is 0. The molecule has 1 aliphatic heterocycles. The van der Waals surface area contributed by atoms with Crippen molar-refractivity contribution in [1.29, 1.82) is 0 Å². The third-order valence-electron chi connectivity index (χ3n) is 2.64. The zero-order valence-corrected chi connectivity index (χ0v) is 6.10. The van der Waals surface area contributed by atoms with Gasteiger partial charge in [-0.1, -0.05) is 0 Å². The molecule has 0 aromatic rings. The minimum absolute atomic E-state index is 0.0285. The molecule has 0 bridgehead atoms. The maximum absolute atomic E-state index is 10.6. The molecule has 0 aromatic carbocycles. The van der Waals surface area contributed by atoms with Crippen LogP contribution >= 0.6 is 0 Å². The molecular formula is C7H11NO3. The van der Waals surface area contributed by atoms with Crippen LogP contribution in [0.1, 0.15) is 12.8 Å². The lowest BCUT2D eigenvalue weighted by molar-refractivity contribution is 0.106. The predicted molar refractivity (Wildman–Crippen MR) is 37.2 cm³/mol. The van der Waals surface area contributed by atoms with Crippen LogP contribution in [-0.4, -0.2) is 39.9 Å². The summed E-state index contributed by atoms with van der Waals surface area (Å²) in [5.41, 5.74) is 0. The Morgan fingerprint density at radius 1 is 1.55 bits per heavy atom. The van der Waals surface area contributed by atoms with Gasteiger partial charge in [-0.05, 0) is 18.8 Å². The molecule has 2 rings (SSSR count). The number of hydrogen-bond donors (Lipinski definition) is 2. The van der Waals surface area contributed by atoms with E-state index >= 15 is 0 Å². The Hall–Kier alpha value is -0.770. The first-order valence-electron chi connectivity index (χ1n) is 3.86. The number of carboxylic acid groups (broad SMARTS) is 1. The number of rotatable bonds is 1. The van der Waals surface area contributed by atoms with Gasteiger partial charge in [-0.15, -0.1) is 0 Å². The van der Waals surface area contributed by atoms with Crippen LogP contribution < -0.4 is 0 Å². The van der Waals surface area contributed by atoms with Crippen LogP contribution in [0.5, 0.6) is 0 Å². The van der Waals surface area contributed by atoms with Crippen molar-refractivity contribution in [3.63, 3.8) is 0 Å². The molecule has 2 fully saturated rings. The summed E-state index contributed by atoms with van der Waals surface area (Å²) in [6.07, 6.45) is 0.977. The summed E-state index contributed by atoms with van der Waals surface area (Å²) in [5, 5.41) is 17.5. The van der Waals surface area contributed by atoms with Crippen molar-refractivity contribution < 1.29 is 15.0 Å². The average Bonchev–Trinajstić information content (AvgIpc) is 2.61. The van der Waals surface area contributed by atoms with Crippen LogP contribution in [0.3, 0.4) is 0 Å². The number of likely N-dealkylation sites (tertiary alicyclic amines) is 1. The lowest BCUT2D eigenvalue weighted by Gasteiger charge is -2.22. The van der Waals surface area contributed by atoms with Crippen molar-refractivity contribution in [1.82, 2.24) is 4.90 Å². The van der Waals surface area contributed by atoms with E-state index < -0.39 is 6.09 Å². The van der Waals surface area contributed by atoms with Gasteiger partial charge in [0.05, 0.1) is 12.6 Å². The van der Waals surface area contributed by atoms with Crippen molar-refractivity contribution in [3.05, 3.63) is 0 Å². The molecular weight excluding hydrogens is 146 g/mol. The van der Waals surface area contributed by atoms with Crippen molar-refractivity contribution in [3.8, 4) is 0 Å². The minimum Gasteiger partial charge on any atom is -0.465 e. The molecule has 4 nitrogen and oxygen atoms in total. The monoisotopic (exact) mass is 157 g/mol. The third-order valence-corrected chi connectivity index (χ3v) is 2.64. The SMILES string of the molecule is O=C(O)N1[C@H](CO)C[C@@H]2C[C@@H]21.